The number of rotatable bonds is 6. The second-order valence-electron chi connectivity index (χ2n) is 5.41. The Bertz CT molecular complexity index is 635. The number of thioether (sulfide) groups is 1. The lowest BCUT2D eigenvalue weighted by molar-refractivity contribution is 0.0954. The van der Waals surface area contributed by atoms with Gasteiger partial charge in [0.1, 0.15) is 0 Å². The summed E-state index contributed by atoms with van der Waals surface area (Å²) in [7, 11) is 0. The summed E-state index contributed by atoms with van der Waals surface area (Å²) in [4.78, 5) is 17.6. The molecule has 0 radical (unpaired) electrons. The van der Waals surface area contributed by atoms with Gasteiger partial charge in [0.2, 0.25) is 5.89 Å². The number of benzene rings is 1. The predicted octanol–water partition coefficient (Wildman–Crippen LogP) is 3.03. The van der Waals surface area contributed by atoms with E-state index in [-0.39, 0.29) is 5.91 Å². The lowest BCUT2D eigenvalue weighted by Crippen LogP contribution is -2.25. The number of nitrogens with one attached hydrogen (secondary N) is 1. The van der Waals surface area contributed by atoms with Crippen LogP contribution in [0, 0.1) is 0 Å². The molecule has 2 aromatic rings. The molecule has 5 nitrogen and oxygen atoms in total. The summed E-state index contributed by atoms with van der Waals surface area (Å²) in [5, 5.41) is 6.86. The van der Waals surface area contributed by atoms with Gasteiger partial charge in [-0.25, -0.2) is 0 Å². The minimum Gasteiger partial charge on any atom is -0.352 e. The zero-order valence-electron chi connectivity index (χ0n) is 12.5. The van der Waals surface area contributed by atoms with E-state index in [1.165, 1.54) is 6.42 Å². The molecule has 1 aromatic heterocycles. The molecule has 1 aromatic carbocycles. The summed E-state index contributed by atoms with van der Waals surface area (Å²) >= 11 is 1.66. The molecule has 0 spiro atoms. The van der Waals surface area contributed by atoms with Crippen molar-refractivity contribution in [3.8, 4) is 0 Å². The van der Waals surface area contributed by atoms with Crippen molar-refractivity contribution in [2.24, 2.45) is 0 Å². The Morgan fingerprint density at radius 3 is 2.77 bits per heavy atom. The molecule has 22 heavy (non-hydrogen) atoms. The van der Waals surface area contributed by atoms with Crippen molar-refractivity contribution in [1.82, 2.24) is 15.5 Å². The zero-order valence-corrected chi connectivity index (χ0v) is 13.4. The zero-order chi connectivity index (χ0) is 15.4. The Morgan fingerprint density at radius 2 is 2.14 bits per heavy atom. The van der Waals surface area contributed by atoms with Gasteiger partial charge in [0, 0.05) is 29.3 Å². The number of aromatic nitrogens is 2. The topological polar surface area (TPSA) is 68.0 Å². The second kappa shape index (κ2) is 6.96. The van der Waals surface area contributed by atoms with Gasteiger partial charge in [-0.3, -0.25) is 4.79 Å². The van der Waals surface area contributed by atoms with Crippen LogP contribution in [0.3, 0.4) is 0 Å². The molecule has 0 aliphatic heterocycles. The third-order valence-corrected chi connectivity index (χ3v) is 4.67. The highest BCUT2D eigenvalue weighted by Gasteiger charge is 2.25. The molecular formula is C16H19N3O2S. The normalized spacial score (nSPS) is 14.6. The van der Waals surface area contributed by atoms with Crippen molar-refractivity contribution >= 4 is 17.7 Å². The first-order chi connectivity index (χ1) is 10.8. The van der Waals surface area contributed by atoms with E-state index in [4.69, 9.17) is 4.52 Å². The van der Waals surface area contributed by atoms with Gasteiger partial charge in [-0.2, -0.15) is 4.98 Å². The van der Waals surface area contributed by atoms with E-state index in [0.717, 1.165) is 23.6 Å². The van der Waals surface area contributed by atoms with Crippen LogP contribution < -0.4 is 5.32 Å². The Labute approximate surface area is 133 Å². The minimum absolute atomic E-state index is 0.0737. The summed E-state index contributed by atoms with van der Waals surface area (Å²) in [6.45, 7) is 0.507. The highest BCUT2D eigenvalue weighted by molar-refractivity contribution is 7.98. The van der Waals surface area contributed by atoms with Crippen molar-refractivity contribution in [3.63, 3.8) is 0 Å². The van der Waals surface area contributed by atoms with Crippen LogP contribution in [0.4, 0.5) is 0 Å². The summed E-state index contributed by atoms with van der Waals surface area (Å²) in [5.74, 6) is 1.79. The minimum atomic E-state index is -0.0737. The number of hydrogen-bond acceptors (Lipinski definition) is 5. The fourth-order valence-corrected chi connectivity index (χ4v) is 2.73. The molecule has 1 saturated carbocycles. The molecule has 0 atom stereocenters. The highest BCUT2D eigenvalue weighted by Crippen LogP contribution is 2.35. The first-order valence-electron chi connectivity index (χ1n) is 7.51. The van der Waals surface area contributed by atoms with E-state index in [1.807, 2.05) is 30.5 Å². The number of carbonyl (C=O) groups is 1. The van der Waals surface area contributed by atoms with E-state index in [1.54, 1.807) is 11.8 Å². The third-order valence-electron chi connectivity index (χ3n) is 3.92. The average molecular weight is 317 g/mol. The maximum Gasteiger partial charge on any atom is 0.251 e. The molecule has 1 heterocycles. The number of carbonyl (C=O) groups excluding carboxylic acids is 1. The van der Waals surface area contributed by atoms with E-state index in [9.17, 15) is 4.79 Å². The fourth-order valence-electron chi connectivity index (χ4n) is 2.32. The van der Waals surface area contributed by atoms with Crippen LogP contribution in [-0.2, 0) is 6.42 Å². The third kappa shape index (κ3) is 3.50. The SMILES string of the molecule is CSc1ccc(C(=O)NCCc2noc(C3CCC3)n2)cc1. The molecule has 0 bridgehead atoms. The van der Waals surface area contributed by atoms with Gasteiger partial charge < -0.3 is 9.84 Å². The monoisotopic (exact) mass is 317 g/mol. The quantitative estimate of drug-likeness (QED) is 0.829. The van der Waals surface area contributed by atoms with Gasteiger partial charge in [-0.05, 0) is 43.4 Å². The molecule has 116 valence electrons. The molecule has 0 unspecified atom stereocenters. The summed E-state index contributed by atoms with van der Waals surface area (Å²) < 4.78 is 5.26. The maximum absolute atomic E-state index is 12.0. The van der Waals surface area contributed by atoms with Crippen LogP contribution in [0.1, 0.15) is 47.3 Å². The lowest BCUT2D eigenvalue weighted by Gasteiger charge is -2.20. The van der Waals surface area contributed by atoms with Crippen molar-refractivity contribution in [2.45, 2.75) is 36.5 Å². The van der Waals surface area contributed by atoms with Crippen LogP contribution in [0.2, 0.25) is 0 Å². The number of nitrogens with zero attached hydrogens (tertiary/aromatic N) is 2. The van der Waals surface area contributed by atoms with E-state index in [0.29, 0.717) is 30.3 Å². The Kier molecular flexibility index (Phi) is 4.77. The van der Waals surface area contributed by atoms with Crippen LogP contribution >= 0.6 is 11.8 Å². The Hall–Kier alpha value is -1.82. The van der Waals surface area contributed by atoms with Crippen molar-refractivity contribution < 1.29 is 9.32 Å². The molecule has 1 amide bonds. The van der Waals surface area contributed by atoms with Gasteiger partial charge >= 0.3 is 0 Å². The predicted molar refractivity (Wildman–Crippen MR) is 85.2 cm³/mol. The average Bonchev–Trinajstić information content (AvgIpc) is 2.94. The molecule has 1 fully saturated rings. The maximum atomic E-state index is 12.0. The molecule has 1 N–H and O–H groups in total. The fraction of sp³-hybridized carbons (Fsp3) is 0.438. The van der Waals surface area contributed by atoms with Gasteiger partial charge in [0.15, 0.2) is 5.82 Å². The van der Waals surface area contributed by atoms with Crippen LogP contribution in [-0.4, -0.2) is 28.8 Å². The molecule has 6 heteroatoms. The van der Waals surface area contributed by atoms with E-state index in [2.05, 4.69) is 15.5 Å². The van der Waals surface area contributed by atoms with Crippen molar-refractivity contribution in [2.75, 3.05) is 12.8 Å². The summed E-state index contributed by atoms with van der Waals surface area (Å²) in [6.07, 6.45) is 6.13. The molecule has 3 rings (SSSR count). The molecular weight excluding hydrogens is 298 g/mol. The molecule has 1 aliphatic carbocycles. The Balaban J connectivity index is 1.47. The molecule has 0 saturated heterocycles. The lowest BCUT2D eigenvalue weighted by atomic mass is 9.85. The van der Waals surface area contributed by atoms with Crippen molar-refractivity contribution in [3.05, 3.63) is 41.5 Å². The first kappa shape index (κ1) is 15.1. The van der Waals surface area contributed by atoms with Gasteiger partial charge in [-0.1, -0.05) is 11.6 Å². The van der Waals surface area contributed by atoms with Crippen LogP contribution in [0.5, 0.6) is 0 Å². The molecule has 1 aliphatic rings. The first-order valence-corrected chi connectivity index (χ1v) is 8.73. The Morgan fingerprint density at radius 1 is 1.36 bits per heavy atom. The summed E-state index contributed by atoms with van der Waals surface area (Å²) in [6, 6.07) is 7.57. The van der Waals surface area contributed by atoms with Gasteiger partial charge in [-0.15, -0.1) is 11.8 Å². The highest BCUT2D eigenvalue weighted by atomic mass is 32.2. The van der Waals surface area contributed by atoms with Gasteiger partial charge in [0.25, 0.3) is 5.91 Å². The summed E-state index contributed by atoms with van der Waals surface area (Å²) in [5.41, 5.74) is 0.668. The smallest absolute Gasteiger partial charge is 0.251 e. The van der Waals surface area contributed by atoms with E-state index >= 15 is 0 Å². The second-order valence-corrected chi connectivity index (χ2v) is 6.29. The number of amides is 1. The van der Waals surface area contributed by atoms with E-state index < -0.39 is 0 Å². The van der Waals surface area contributed by atoms with Crippen molar-refractivity contribution in [1.29, 1.82) is 0 Å². The van der Waals surface area contributed by atoms with Gasteiger partial charge in [0.05, 0.1) is 0 Å². The largest absolute Gasteiger partial charge is 0.352 e. The standard InChI is InChI=1S/C16H19N3O2S/c1-22-13-7-5-11(6-8-13)15(20)17-10-9-14-18-16(21-19-14)12-3-2-4-12/h5-8,12H,2-4,9-10H2,1H3,(H,17,20). The number of hydrogen-bond donors (Lipinski definition) is 1. The van der Waals surface area contributed by atoms with Crippen LogP contribution in [0.15, 0.2) is 33.7 Å². The van der Waals surface area contributed by atoms with Crippen LogP contribution in [0.25, 0.3) is 0 Å².